The van der Waals surface area contributed by atoms with Crippen LogP contribution in [0.2, 0.25) is 0 Å². The van der Waals surface area contributed by atoms with Gasteiger partial charge in [-0.1, -0.05) is 132 Å². The van der Waals surface area contributed by atoms with Crippen LogP contribution in [0.3, 0.4) is 0 Å². The van der Waals surface area contributed by atoms with Crippen molar-refractivity contribution in [3.63, 3.8) is 0 Å². The summed E-state index contributed by atoms with van der Waals surface area (Å²) in [6.45, 7) is 0. The molecule has 0 bridgehead atoms. The number of phenols is 1. The van der Waals surface area contributed by atoms with E-state index in [1.165, 1.54) is 0 Å². The van der Waals surface area contributed by atoms with Crippen molar-refractivity contribution in [1.29, 1.82) is 0 Å². The third-order valence-corrected chi connectivity index (χ3v) is 8.09. The third-order valence-electron chi connectivity index (χ3n) is 8.09. The molecule has 4 nitrogen and oxygen atoms in total. The van der Waals surface area contributed by atoms with Crippen molar-refractivity contribution in [3.05, 3.63) is 158 Å². The van der Waals surface area contributed by atoms with Gasteiger partial charge in [-0.25, -0.2) is 0 Å². The zero-order valence-electron chi connectivity index (χ0n) is 24.5. The third kappa shape index (κ3) is 5.71. The smallest absolute Gasteiger partial charge is 0.125 e. The van der Waals surface area contributed by atoms with Gasteiger partial charge in [0.05, 0.1) is 11.2 Å². The zero-order valence-corrected chi connectivity index (χ0v) is 26.8. The van der Waals surface area contributed by atoms with E-state index in [1.54, 1.807) is 6.07 Å². The van der Waals surface area contributed by atoms with Gasteiger partial charge in [0.2, 0.25) is 0 Å². The van der Waals surface area contributed by atoms with Crippen LogP contribution >= 0.6 is 0 Å². The van der Waals surface area contributed by atoms with Crippen LogP contribution < -0.4 is 0 Å². The topological polar surface area (TPSA) is 58.9 Å². The summed E-state index contributed by atoms with van der Waals surface area (Å²) < 4.78 is 0. The van der Waals surface area contributed by atoms with Crippen LogP contribution in [0.15, 0.2) is 152 Å². The zero-order chi connectivity index (χ0) is 30.2. The Hall–Kier alpha value is -5.44. The van der Waals surface area contributed by atoms with E-state index in [0.29, 0.717) is 11.3 Å². The summed E-state index contributed by atoms with van der Waals surface area (Å²) in [5.74, 6) is 0.187. The van der Waals surface area contributed by atoms with Crippen LogP contribution in [0.1, 0.15) is 0 Å². The SMILES string of the molecule is Oc1cc2ccccc2cc1-c1cc(-c2ccccc2)cc(-c2[c-]c(-c3cc4ccccc4nn3)cc(-c3ccccc3)c2)n1.[Pt]. The van der Waals surface area contributed by atoms with Gasteiger partial charge in [-0.15, -0.1) is 18.2 Å². The molecular formula is C41H26N3OPt-. The monoisotopic (exact) mass is 771 g/mol. The Morgan fingerprint density at radius 3 is 1.67 bits per heavy atom. The molecule has 0 unspecified atom stereocenters. The molecule has 0 aliphatic heterocycles. The van der Waals surface area contributed by atoms with Gasteiger partial charge in [-0.05, 0) is 57.1 Å². The normalized spacial score (nSPS) is 11.0. The number of aromatic hydroxyl groups is 1. The van der Waals surface area contributed by atoms with Crippen LogP contribution in [-0.4, -0.2) is 20.3 Å². The standard InChI is InChI=1S/C41H26N3O.Pt/c45-41-26-30-16-8-7-15-29(30)22-36(41)40-25-33(28-13-5-2-6-14-28)24-38(42-40)34-19-32(27-11-3-1-4-12-27)20-35(21-34)39-23-31-17-9-10-18-37(31)43-44-39;/h1-20,22-26,45H;/q-1;. The van der Waals surface area contributed by atoms with Gasteiger partial charge in [0, 0.05) is 38.0 Å². The summed E-state index contributed by atoms with van der Waals surface area (Å²) in [6.07, 6.45) is 0. The summed E-state index contributed by atoms with van der Waals surface area (Å²) >= 11 is 0. The van der Waals surface area contributed by atoms with E-state index in [4.69, 9.17) is 4.98 Å². The first-order valence-corrected chi connectivity index (χ1v) is 14.8. The minimum atomic E-state index is 0. The Labute approximate surface area is 281 Å². The molecule has 6 aromatic carbocycles. The van der Waals surface area contributed by atoms with E-state index in [1.807, 2.05) is 97.1 Å². The molecule has 1 N–H and O–H groups in total. The Kier molecular flexibility index (Phi) is 7.96. The quantitative estimate of drug-likeness (QED) is 0.177. The van der Waals surface area contributed by atoms with Gasteiger partial charge in [-0.2, -0.15) is 10.2 Å². The molecule has 8 rings (SSSR count). The molecule has 0 aliphatic rings. The number of nitrogens with zero attached hydrogens (tertiary/aromatic N) is 3. The number of hydrogen-bond acceptors (Lipinski definition) is 4. The number of rotatable bonds is 5. The van der Waals surface area contributed by atoms with Gasteiger partial charge >= 0.3 is 0 Å². The number of hydrogen-bond donors (Lipinski definition) is 1. The minimum Gasteiger partial charge on any atom is -0.507 e. The van der Waals surface area contributed by atoms with E-state index in [9.17, 15) is 5.11 Å². The summed E-state index contributed by atoms with van der Waals surface area (Å²) in [7, 11) is 0. The van der Waals surface area contributed by atoms with Crippen molar-refractivity contribution < 1.29 is 26.2 Å². The number of aromatic nitrogens is 3. The fraction of sp³-hybridized carbons (Fsp3) is 0. The molecule has 0 radical (unpaired) electrons. The molecule has 2 aromatic heterocycles. The summed E-state index contributed by atoms with van der Waals surface area (Å²) in [5.41, 5.74) is 9.48. The average molecular weight is 772 g/mol. The molecule has 0 saturated carbocycles. The van der Waals surface area contributed by atoms with Crippen molar-refractivity contribution in [1.82, 2.24) is 15.2 Å². The maximum absolute atomic E-state index is 11.2. The molecule has 2 heterocycles. The maximum Gasteiger partial charge on any atom is 0.125 e. The van der Waals surface area contributed by atoms with E-state index in [0.717, 1.165) is 66.4 Å². The van der Waals surface area contributed by atoms with Crippen LogP contribution in [0.25, 0.3) is 77.7 Å². The molecular weight excluding hydrogens is 746 g/mol. The Morgan fingerprint density at radius 1 is 0.435 bits per heavy atom. The van der Waals surface area contributed by atoms with Crippen molar-refractivity contribution in [2.75, 3.05) is 0 Å². The van der Waals surface area contributed by atoms with E-state index in [2.05, 4.69) is 64.8 Å². The molecule has 0 amide bonds. The average Bonchev–Trinajstić information content (AvgIpc) is 3.11. The molecule has 8 aromatic rings. The molecule has 222 valence electrons. The fourth-order valence-electron chi connectivity index (χ4n) is 5.80. The van der Waals surface area contributed by atoms with Gasteiger partial charge in [-0.3, -0.25) is 4.98 Å². The largest absolute Gasteiger partial charge is 0.507 e. The van der Waals surface area contributed by atoms with Crippen LogP contribution in [0.4, 0.5) is 0 Å². The molecule has 5 heteroatoms. The number of phenolic OH excluding ortho intramolecular Hbond substituents is 1. The van der Waals surface area contributed by atoms with Crippen LogP contribution in [0, 0.1) is 6.07 Å². The second-order valence-corrected chi connectivity index (χ2v) is 11.1. The predicted molar refractivity (Wildman–Crippen MR) is 183 cm³/mol. The fourth-order valence-corrected chi connectivity index (χ4v) is 5.80. The minimum absolute atomic E-state index is 0. The Balaban J connectivity index is 0.00000338. The van der Waals surface area contributed by atoms with E-state index < -0.39 is 0 Å². The molecule has 0 aliphatic carbocycles. The Bertz CT molecular complexity index is 2340. The summed E-state index contributed by atoms with van der Waals surface area (Å²) in [5, 5.41) is 23.3. The second kappa shape index (κ2) is 12.5. The maximum atomic E-state index is 11.2. The van der Waals surface area contributed by atoms with Gasteiger partial charge in [0.25, 0.3) is 0 Å². The van der Waals surface area contributed by atoms with Crippen molar-refractivity contribution >= 4 is 21.7 Å². The van der Waals surface area contributed by atoms with Crippen molar-refractivity contribution in [2.24, 2.45) is 0 Å². The number of pyridine rings is 1. The first kappa shape index (κ1) is 29.3. The molecule has 0 fully saturated rings. The van der Waals surface area contributed by atoms with Crippen molar-refractivity contribution in [3.8, 4) is 61.8 Å². The van der Waals surface area contributed by atoms with Crippen molar-refractivity contribution in [2.45, 2.75) is 0 Å². The summed E-state index contributed by atoms with van der Waals surface area (Å²) in [4.78, 5) is 5.16. The first-order chi connectivity index (χ1) is 22.2. The number of benzene rings is 6. The molecule has 0 atom stereocenters. The first-order valence-electron chi connectivity index (χ1n) is 14.8. The van der Waals surface area contributed by atoms with E-state index in [-0.39, 0.29) is 26.8 Å². The molecule has 0 spiro atoms. The summed E-state index contributed by atoms with van der Waals surface area (Å²) in [6, 6.07) is 54.4. The predicted octanol–water partition coefficient (Wildman–Crippen LogP) is 10.0. The van der Waals surface area contributed by atoms with Gasteiger partial charge in [0.15, 0.2) is 0 Å². The molecule has 46 heavy (non-hydrogen) atoms. The van der Waals surface area contributed by atoms with Crippen LogP contribution in [-0.2, 0) is 21.1 Å². The van der Waals surface area contributed by atoms with Gasteiger partial charge in [0.1, 0.15) is 5.75 Å². The second-order valence-electron chi connectivity index (χ2n) is 11.1. The van der Waals surface area contributed by atoms with E-state index >= 15 is 0 Å². The number of fused-ring (bicyclic) bond motifs is 2. The van der Waals surface area contributed by atoms with Gasteiger partial charge < -0.3 is 5.11 Å². The Morgan fingerprint density at radius 2 is 0.978 bits per heavy atom. The van der Waals surface area contributed by atoms with Crippen LogP contribution in [0.5, 0.6) is 5.75 Å². The molecule has 0 saturated heterocycles.